The molecule has 0 saturated carbocycles. The zero-order valence-electron chi connectivity index (χ0n) is 14.3. The molecule has 0 amide bonds. The number of thioether (sulfide) groups is 1. The molecule has 0 bridgehead atoms. The first-order chi connectivity index (χ1) is 12.7. The minimum atomic E-state index is -0.0764. The predicted molar refractivity (Wildman–Crippen MR) is 99.7 cm³/mol. The van der Waals surface area contributed by atoms with E-state index in [-0.39, 0.29) is 5.56 Å². The highest BCUT2D eigenvalue weighted by Crippen LogP contribution is 2.19. The third kappa shape index (κ3) is 3.51. The highest BCUT2D eigenvalue weighted by atomic mass is 32.2. The molecule has 7 nitrogen and oxygen atoms in total. The topological polar surface area (TPSA) is 87.7 Å². The standard InChI is InChI=1S/C18H18N6OS/c1-26-18-20-7-12(8-21-18)10-24-6-4-15-14(11-24)17(25)23-16(22-15)13-3-2-5-19-9-13/h2-3,5,7-9H,4,6,10-11H2,1H3,(H,22,23,25). The number of hydrogen-bond donors (Lipinski definition) is 1. The molecule has 0 saturated heterocycles. The zero-order chi connectivity index (χ0) is 17.9. The van der Waals surface area contributed by atoms with Crippen LogP contribution < -0.4 is 5.56 Å². The molecule has 4 rings (SSSR count). The second kappa shape index (κ2) is 7.35. The average molecular weight is 366 g/mol. The lowest BCUT2D eigenvalue weighted by molar-refractivity contribution is 0.241. The summed E-state index contributed by atoms with van der Waals surface area (Å²) >= 11 is 1.52. The van der Waals surface area contributed by atoms with Gasteiger partial charge in [0.15, 0.2) is 5.16 Å². The summed E-state index contributed by atoms with van der Waals surface area (Å²) in [6.07, 6.45) is 9.81. The van der Waals surface area contributed by atoms with Gasteiger partial charge in [0.1, 0.15) is 5.82 Å². The Hall–Kier alpha value is -2.58. The number of rotatable bonds is 4. The molecule has 1 aliphatic heterocycles. The van der Waals surface area contributed by atoms with Crippen LogP contribution in [0.15, 0.2) is 46.9 Å². The van der Waals surface area contributed by atoms with Crippen molar-refractivity contribution < 1.29 is 0 Å². The number of nitrogens with one attached hydrogen (secondary N) is 1. The number of aromatic nitrogens is 5. The van der Waals surface area contributed by atoms with E-state index in [0.717, 1.165) is 47.1 Å². The summed E-state index contributed by atoms with van der Waals surface area (Å²) in [4.78, 5) is 35.0. The maximum atomic E-state index is 12.6. The van der Waals surface area contributed by atoms with Crippen molar-refractivity contribution in [1.82, 2.24) is 29.8 Å². The molecule has 0 aliphatic carbocycles. The van der Waals surface area contributed by atoms with Crippen molar-refractivity contribution in [2.24, 2.45) is 0 Å². The van der Waals surface area contributed by atoms with Crippen molar-refractivity contribution in [3.63, 3.8) is 0 Å². The van der Waals surface area contributed by atoms with Crippen LogP contribution in [0.4, 0.5) is 0 Å². The number of hydrogen-bond acceptors (Lipinski definition) is 7. The fraction of sp³-hybridized carbons (Fsp3) is 0.278. The molecule has 0 atom stereocenters. The predicted octanol–water partition coefficient (Wildman–Crippen LogP) is 1.90. The summed E-state index contributed by atoms with van der Waals surface area (Å²) < 4.78 is 0. The number of fused-ring (bicyclic) bond motifs is 1. The number of aromatic amines is 1. The number of nitrogens with zero attached hydrogens (tertiary/aromatic N) is 5. The van der Waals surface area contributed by atoms with Gasteiger partial charge in [-0.2, -0.15) is 0 Å². The summed E-state index contributed by atoms with van der Waals surface area (Å²) in [5.41, 5.74) is 3.40. The Morgan fingerprint density at radius 2 is 2.12 bits per heavy atom. The minimum Gasteiger partial charge on any atom is -0.306 e. The van der Waals surface area contributed by atoms with Crippen molar-refractivity contribution in [2.75, 3.05) is 12.8 Å². The van der Waals surface area contributed by atoms with Crippen LogP contribution in [0.1, 0.15) is 16.8 Å². The monoisotopic (exact) mass is 366 g/mol. The van der Waals surface area contributed by atoms with Gasteiger partial charge in [-0.15, -0.1) is 0 Å². The first-order valence-electron chi connectivity index (χ1n) is 8.32. The third-order valence-electron chi connectivity index (χ3n) is 4.35. The van der Waals surface area contributed by atoms with Crippen LogP contribution >= 0.6 is 11.8 Å². The molecule has 0 unspecified atom stereocenters. The van der Waals surface area contributed by atoms with Crippen LogP contribution in [0.5, 0.6) is 0 Å². The molecule has 26 heavy (non-hydrogen) atoms. The molecule has 3 aromatic heterocycles. The van der Waals surface area contributed by atoms with Crippen molar-refractivity contribution in [1.29, 1.82) is 0 Å². The van der Waals surface area contributed by atoms with Crippen molar-refractivity contribution >= 4 is 11.8 Å². The van der Waals surface area contributed by atoms with Crippen LogP contribution in [0.3, 0.4) is 0 Å². The Kier molecular flexibility index (Phi) is 4.77. The summed E-state index contributed by atoms with van der Waals surface area (Å²) in [7, 11) is 0. The molecule has 0 radical (unpaired) electrons. The molecule has 4 heterocycles. The van der Waals surface area contributed by atoms with Crippen LogP contribution in [0.25, 0.3) is 11.4 Å². The quantitative estimate of drug-likeness (QED) is 0.557. The SMILES string of the molecule is CSc1ncc(CN2CCc3nc(-c4cccnc4)[nH]c(=O)c3C2)cn1. The Morgan fingerprint density at radius 1 is 1.27 bits per heavy atom. The summed E-state index contributed by atoms with van der Waals surface area (Å²) in [6.45, 7) is 2.15. The number of pyridine rings is 1. The van der Waals surface area contributed by atoms with Gasteiger partial charge in [-0.25, -0.2) is 15.0 Å². The molecule has 1 aliphatic rings. The zero-order valence-corrected chi connectivity index (χ0v) is 15.2. The van der Waals surface area contributed by atoms with Crippen molar-refractivity contribution in [2.45, 2.75) is 24.7 Å². The Balaban J connectivity index is 1.54. The maximum absolute atomic E-state index is 12.6. The van der Waals surface area contributed by atoms with Gasteiger partial charge in [-0.05, 0) is 18.4 Å². The summed E-state index contributed by atoms with van der Waals surface area (Å²) in [5, 5.41) is 0.765. The molecule has 8 heteroatoms. The van der Waals surface area contributed by atoms with Crippen LogP contribution in [-0.4, -0.2) is 42.6 Å². The third-order valence-corrected chi connectivity index (χ3v) is 4.93. The Morgan fingerprint density at radius 3 is 2.85 bits per heavy atom. The molecule has 3 aromatic rings. The van der Waals surface area contributed by atoms with Crippen molar-refractivity contribution in [3.8, 4) is 11.4 Å². The minimum absolute atomic E-state index is 0.0764. The van der Waals surface area contributed by atoms with Gasteiger partial charge in [0.05, 0.1) is 11.3 Å². The number of H-pyrrole nitrogens is 1. The van der Waals surface area contributed by atoms with Crippen LogP contribution in [0.2, 0.25) is 0 Å². The van der Waals surface area contributed by atoms with Gasteiger partial charge in [0.2, 0.25) is 0 Å². The molecule has 1 N–H and O–H groups in total. The molecule has 0 spiro atoms. The van der Waals surface area contributed by atoms with Gasteiger partial charge in [0, 0.05) is 62.0 Å². The van der Waals surface area contributed by atoms with Gasteiger partial charge in [-0.1, -0.05) is 11.8 Å². The van der Waals surface area contributed by atoms with E-state index in [0.29, 0.717) is 12.4 Å². The smallest absolute Gasteiger partial charge is 0.255 e. The van der Waals surface area contributed by atoms with Crippen LogP contribution in [-0.2, 0) is 19.5 Å². The van der Waals surface area contributed by atoms with E-state index < -0.39 is 0 Å². The molecular weight excluding hydrogens is 348 g/mol. The molecule has 132 valence electrons. The highest BCUT2D eigenvalue weighted by Gasteiger charge is 2.21. The maximum Gasteiger partial charge on any atom is 0.255 e. The fourth-order valence-corrected chi connectivity index (χ4v) is 3.36. The Bertz CT molecular complexity index is 958. The Labute approximate surface area is 155 Å². The first-order valence-corrected chi connectivity index (χ1v) is 9.55. The van der Waals surface area contributed by atoms with E-state index >= 15 is 0 Å². The van der Waals surface area contributed by atoms with Crippen molar-refractivity contribution in [3.05, 3.63) is 64.1 Å². The van der Waals surface area contributed by atoms with E-state index in [4.69, 9.17) is 0 Å². The van der Waals surface area contributed by atoms with Gasteiger partial charge < -0.3 is 4.98 Å². The largest absolute Gasteiger partial charge is 0.306 e. The molecule has 0 aromatic carbocycles. The lowest BCUT2D eigenvalue weighted by Gasteiger charge is -2.27. The molecular formula is C18H18N6OS. The first kappa shape index (κ1) is 16.9. The van der Waals surface area contributed by atoms with E-state index in [2.05, 4.69) is 29.8 Å². The van der Waals surface area contributed by atoms with Crippen LogP contribution in [0, 0.1) is 0 Å². The normalized spacial score (nSPS) is 14.2. The van der Waals surface area contributed by atoms with E-state index in [1.807, 2.05) is 30.8 Å². The fourth-order valence-electron chi connectivity index (χ4n) is 3.04. The van der Waals surface area contributed by atoms with E-state index in [1.54, 1.807) is 12.4 Å². The second-order valence-electron chi connectivity index (χ2n) is 6.12. The van der Waals surface area contributed by atoms with Gasteiger partial charge in [0.25, 0.3) is 5.56 Å². The van der Waals surface area contributed by atoms with E-state index in [1.165, 1.54) is 11.8 Å². The second-order valence-corrected chi connectivity index (χ2v) is 6.89. The summed E-state index contributed by atoms with van der Waals surface area (Å²) in [5.74, 6) is 0.580. The van der Waals surface area contributed by atoms with E-state index in [9.17, 15) is 4.79 Å². The lowest BCUT2D eigenvalue weighted by Crippen LogP contribution is -2.35. The summed E-state index contributed by atoms with van der Waals surface area (Å²) in [6, 6.07) is 3.73. The highest BCUT2D eigenvalue weighted by molar-refractivity contribution is 7.98. The average Bonchev–Trinajstić information content (AvgIpc) is 2.69. The van der Waals surface area contributed by atoms with Gasteiger partial charge in [-0.3, -0.25) is 14.7 Å². The molecule has 0 fully saturated rings. The van der Waals surface area contributed by atoms with Gasteiger partial charge >= 0.3 is 0 Å². The lowest BCUT2D eigenvalue weighted by atomic mass is 10.1.